The van der Waals surface area contributed by atoms with Crippen LogP contribution < -0.4 is 0 Å². The molecule has 4 rings (SSSR count). The van der Waals surface area contributed by atoms with Gasteiger partial charge in [-0.1, -0.05) is 70.5 Å². The molecule has 38 heavy (non-hydrogen) atoms. The number of ketones is 1. The fraction of sp³-hybridized carbons (Fsp3) is 0.424. The van der Waals surface area contributed by atoms with E-state index in [1.807, 2.05) is 6.20 Å². The van der Waals surface area contributed by atoms with Gasteiger partial charge in [0, 0.05) is 37.9 Å². The molecule has 0 aliphatic rings. The van der Waals surface area contributed by atoms with E-state index in [2.05, 4.69) is 77.9 Å². The summed E-state index contributed by atoms with van der Waals surface area (Å²) in [5, 5.41) is 13.2. The number of allylic oxidation sites excluding steroid dienone is 2. The summed E-state index contributed by atoms with van der Waals surface area (Å²) in [6, 6.07) is 15.1. The number of aliphatic hydroxyl groups is 1. The van der Waals surface area contributed by atoms with Crippen LogP contribution in [0.4, 0.5) is 0 Å². The number of carbonyl (C=O) groups excluding carboxylic acids is 1. The quantitative estimate of drug-likeness (QED) is 0.0917. The minimum Gasteiger partial charge on any atom is -0.512 e. The Balaban J connectivity index is 0.000000561. The van der Waals surface area contributed by atoms with Crippen molar-refractivity contribution in [1.29, 1.82) is 0 Å². The van der Waals surface area contributed by atoms with Crippen LogP contribution in [-0.2, 0) is 44.2 Å². The number of hydrogen-bond acceptors (Lipinski definition) is 4. The van der Waals surface area contributed by atoms with E-state index in [4.69, 9.17) is 15.1 Å². The number of aromatic nitrogens is 2. The summed E-state index contributed by atoms with van der Waals surface area (Å²) in [6.45, 7) is 16.4. The fourth-order valence-corrected chi connectivity index (χ4v) is 4.73. The Hall–Kier alpha value is -2.62. The number of carbonyl (C=O) groups is 1. The summed E-state index contributed by atoms with van der Waals surface area (Å²) in [5.41, 5.74) is 5.71. The molecule has 1 N–H and O–H groups in total. The molecule has 0 aliphatic carbocycles. The molecule has 0 amide bonds. The van der Waals surface area contributed by atoms with Crippen molar-refractivity contribution in [2.24, 2.45) is 17.8 Å². The molecule has 5 heteroatoms. The Morgan fingerprint density at radius 2 is 1.50 bits per heavy atom. The van der Waals surface area contributed by atoms with Crippen LogP contribution in [0.2, 0.25) is 0 Å². The fourth-order valence-electron chi connectivity index (χ4n) is 4.73. The molecule has 205 valence electrons. The first-order valence-corrected chi connectivity index (χ1v) is 13.4. The maximum atomic E-state index is 10.0. The summed E-state index contributed by atoms with van der Waals surface area (Å²) in [6.07, 6.45) is 6.19. The van der Waals surface area contributed by atoms with Gasteiger partial charge < -0.3 is 10.1 Å². The van der Waals surface area contributed by atoms with Gasteiger partial charge in [0.2, 0.25) is 0 Å². The van der Waals surface area contributed by atoms with Gasteiger partial charge in [-0.15, -0.1) is 29.1 Å². The molecule has 0 unspecified atom stereocenters. The molecule has 1 radical (unpaired) electrons. The van der Waals surface area contributed by atoms with Crippen molar-refractivity contribution in [3.8, 4) is 0 Å². The molecular formula is C33H41IrN2O2-. The molecule has 3 aromatic carbocycles. The van der Waals surface area contributed by atoms with E-state index in [0.717, 1.165) is 41.4 Å². The predicted molar refractivity (Wildman–Crippen MR) is 156 cm³/mol. The van der Waals surface area contributed by atoms with Crippen molar-refractivity contribution in [3.63, 3.8) is 0 Å². The molecule has 0 aliphatic heterocycles. The van der Waals surface area contributed by atoms with Crippen molar-refractivity contribution in [2.45, 2.75) is 74.7 Å². The molecular weight excluding hydrogens is 649 g/mol. The molecule has 0 saturated heterocycles. The molecule has 1 aromatic heterocycles. The summed E-state index contributed by atoms with van der Waals surface area (Å²) >= 11 is 0. The van der Waals surface area contributed by atoms with E-state index in [1.54, 1.807) is 0 Å². The SMILES string of the molecule is CC(=O)C=C(C)O.CC(C)Cc1[c-]c2c(cc1)c1ccc(CC(C)C)cc1c1nc(CC(C)C)cnc21.[Ir]. The zero-order valence-electron chi connectivity index (χ0n) is 24.0. The summed E-state index contributed by atoms with van der Waals surface area (Å²) in [4.78, 5) is 20.1. The molecule has 0 spiro atoms. The minimum atomic E-state index is -0.125. The van der Waals surface area contributed by atoms with Crippen LogP contribution >= 0.6 is 0 Å². The van der Waals surface area contributed by atoms with Crippen LogP contribution in [-0.4, -0.2) is 20.9 Å². The Morgan fingerprint density at radius 3 is 2.05 bits per heavy atom. The number of benzene rings is 3. The third-order valence-corrected chi connectivity index (χ3v) is 6.00. The van der Waals surface area contributed by atoms with Crippen LogP contribution in [0.15, 0.2) is 48.4 Å². The van der Waals surface area contributed by atoms with E-state index in [1.165, 1.54) is 47.2 Å². The third kappa shape index (κ3) is 8.44. The number of aliphatic hydroxyl groups excluding tert-OH is 1. The second kappa shape index (κ2) is 14.0. The zero-order valence-corrected chi connectivity index (χ0v) is 26.4. The normalized spacial score (nSPS) is 11.8. The number of rotatable bonds is 7. The second-order valence-corrected chi connectivity index (χ2v) is 11.4. The standard InChI is InChI=1S/C28H33N2.C5H8O2.Ir/c1-17(2)11-20-7-9-23-24-10-8-21(12-18(3)4)15-26(24)28-27(25(23)14-20)29-16-22(30-28)13-19(5)6;1-4(6)3-5(2)7;/h7-10,15-19H,11-13H2,1-6H3;3,6H,1-2H3;/q-1;;. The third-order valence-electron chi connectivity index (χ3n) is 6.00. The first-order valence-electron chi connectivity index (χ1n) is 13.4. The minimum absolute atomic E-state index is 0. The van der Waals surface area contributed by atoms with Gasteiger partial charge in [0.1, 0.15) is 0 Å². The molecule has 0 saturated carbocycles. The Bertz CT molecular complexity index is 1430. The smallest absolute Gasteiger partial charge is 0.155 e. The number of nitrogens with zero attached hydrogens (tertiary/aromatic N) is 2. The topological polar surface area (TPSA) is 63.1 Å². The largest absolute Gasteiger partial charge is 0.512 e. The van der Waals surface area contributed by atoms with Gasteiger partial charge in [-0.05, 0) is 61.8 Å². The zero-order chi connectivity index (χ0) is 27.3. The molecule has 4 aromatic rings. The second-order valence-electron chi connectivity index (χ2n) is 11.4. The predicted octanol–water partition coefficient (Wildman–Crippen LogP) is 8.37. The van der Waals surface area contributed by atoms with Gasteiger partial charge in [0.05, 0.1) is 17.0 Å². The first kappa shape index (κ1) is 31.6. The van der Waals surface area contributed by atoms with Gasteiger partial charge in [0.25, 0.3) is 0 Å². The van der Waals surface area contributed by atoms with Crippen LogP contribution in [0.1, 0.15) is 72.2 Å². The van der Waals surface area contributed by atoms with Crippen LogP contribution in [0, 0.1) is 23.8 Å². The van der Waals surface area contributed by atoms with E-state index >= 15 is 0 Å². The summed E-state index contributed by atoms with van der Waals surface area (Å²) < 4.78 is 0. The van der Waals surface area contributed by atoms with Gasteiger partial charge in [-0.2, -0.15) is 0 Å². The van der Waals surface area contributed by atoms with Gasteiger partial charge in [0.15, 0.2) is 5.78 Å². The van der Waals surface area contributed by atoms with Gasteiger partial charge in [-0.25, -0.2) is 0 Å². The summed E-state index contributed by atoms with van der Waals surface area (Å²) in [7, 11) is 0. The van der Waals surface area contributed by atoms with E-state index in [-0.39, 0.29) is 31.6 Å². The number of fused-ring (bicyclic) bond motifs is 6. The summed E-state index contributed by atoms with van der Waals surface area (Å²) in [5.74, 6) is 1.73. The maximum absolute atomic E-state index is 10.0. The Morgan fingerprint density at radius 1 is 0.868 bits per heavy atom. The van der Waals surface area contributed by atoms with Crippen LogP contribution in [0.25, 0.3) is 32.6 Å². The first-order chi connectivity index (χ1) is 17.4. The monoisotopic (exact) mass is 690 g/mol. The number of hydrogen-bond donors (Lipinski definition) is 1. The maximum Gasteiger partial charge on any atom is 0.155 e. The molecule has 0 atom stereocenters. The van der Waals surface area contributed by atoms with Crippen molar-refractivity contribution in [1.82, 2.24) is 9.97 Å². The van der Waals surface area contributed by atoms with Crippen molar-refractivity contribution in [3.05, 3.63) is 71.3 Å². The van der Waals surface area contributed by atoms with Crippen LogP contribution in [0.5, 0.6) is 0 Å². The average Bonchev–Trinajstić information content (AvgIpc) is 2.77. The Kier molecular flexibility index (Phi) is 11.6. The average molecular weight is 690 g/mol. The molecule has 4 nitrogen and oxygen atoms in total. The van der Waals surface area contributed by atoms with Gasteiger partial charge in [-0.3, -0.25) is 9.78 Å². The van der Waals surface area contributed by atoms with Gasteiger partial charge >= 0.3 is 0 Å². The molecule has 0 bridgehead atoms. The Labute approximate surface area is 241 Å². The van der Waals surface area contributed by atoms with Crippen molar-refractivity contribution in [2.75, 3.05) is 0 Å². The van der Waals surface area contributed by atoms with E-state index < -0.39 is 0 Å². The van der Waals surface area contributed by atoms with E-state index in [9.17, 15) is 4.79 Å². The van der Waals surface area contributed by atoms with Crippen molar-refractivity contribution >= 4 is 38.4 Å². The van der Waals surface area contributed by atoms with E-state index in [0.29, 0.717) is 17.8 Å². The molecule has 1 heterocycles. The van der Waals surface area contributed by atoms with Crippen LogP contribution in [0.3, 0.4) is 0 Å². The van der Waals surface area contributed by atoms with Crippen molar-refractivity contribution < 1.29 is 30.0 Å². The molecule has 0 fully saturated rings.